The van der Waals surface area contributed by atoms with Crippen molar-refractivity contribution in [3.8, 4) is 0 Å². The van der Waals surface area contributed by atoms with Crippen molar-refractivity contribution < 1.29 is 0 Å². The highest BCUT2D eigenvalue weighted by atomic mass is 15.2. The van der Waals surface area contributed by atoms with E-state index in [-0.39, 0.29) is 0 Å². The molecule has 0 bridgehead atoms. The number of rotatable bonds is 3. The van der Waals surface area contributed by atoms with Gasteiger partial charge >= 0.3 is 0 Å². The molecule has 1 radical (unpaired) electrons. The lowest BCUT2D eigenvalue weighted by Gasteiger charge is -2.21. The van der Waals surface area contributed by atoms with Crippen LogP contribution in [0.25, 0.3) is 0 Å². The molecule has 1 rings (SSSR count). The molecule has 1 atom stereocenters. The summed E-state index contributed by atoms with van der Waals surface area (Å²) in [6.45, 7) is 5.24. The summed E-state index contributed by atoms with van der Waals surface area (Å²) in [6.07, 6.45) is 3.80. The normalized spacial score (nSPS) is 27.6. The van der Waals surface area contributed by atoms with Crippen LogP contribution < -0.4 is 5.73 Å². The molecule has 0 aromatic carbocycles. The summed E-state index contributed by atoms with van der Waals surface area (Å²) >= 11 is 0. The van der Waals surface area contributed by atoms with Gasteiger partial charge in [-0.05, 0) is 32.4 Å². The predicted molar refractivity (Wildman–Crippen MR) is 42.8 cm³/mol. The van der Waals surface area contributed by atoms with E-state index in [9.17, 15) is 0 Å². The Bertz CT molecular complexity index is 93.3. The van der Waals surface area contributed by atoms with Crippen LogP contribution in [0, 0.1) is 0 Å². The molecule has 10 heavy (non-hydrogen) atoms. The van der Waals surface area contributed by atoms with E-state index in [1.807, 2.05) is 0 Å². The third-order valence-electron chi connectivity index (χ3n) is 2.25. The van der Waals surface area contributed by atoms with Gasteiger partial charge in [-0.15, -0.1) is 0 Å². The number of nitrogens with one attached hydrogen (secondary N) is 1. The molecule has 0 amide bonds. The van der Waals surface area contributed by atoms with Gasteiger partial charge in [-0.25, -0.2) is 0 Å². The van der Waals surface area contributed by atoms with Crippen LogP contribution in [-0.4, -0.2) is 30.6 Å². The summed E-state index contributed by atoms with van der Waals surface area (Å²) in [6, 6.07) is 0.583. The van der Waals surface area contributed by atoms with Gasteiger partial charge < -0.3 is 0 Å². The van der Waals surface area contributed by atoms with Gasteiger partial charge in [0.25, 0.3) is 0 Å². The zero-order valence-corrected chi connectivity index (χ0v) is 6.77. The van der Waals surface area contributed by atoms with Crippen molar-refractivity contribution in [2.75, 3.05) is 19.6 Å². The molecule has 1 aliphatic rings. The fourth-order valence-electron chi connectivity index (χ4n) is 1.71. The first kappa shape index (κ1) is 8.02. The molecule has 1 heterocycles. The van der Waals surface area contributed by atoms with Crippen LogP contribution in [0.1, 0.15) is 26.2 Å². The van der Waals surface area contributed by atoms with Crippen molar-refractivity contribution in [3.63, 3.8) is 0 Å². The molecule has 2 heteroatoms. The summed E-state index contributed by atoms with van der Waals surface area (Å²) in [7, 11) is 0. The topological polar surface area (TPSA) is 27.0 Å². The number of likely N-dealkylation sites (tertiary alicyclic amines) is 1. The zero-order valence-electron chi connectivity index (χ0n) is 6.77. The first-order valence-electron chi connectivity index (χ1n) is 4.27. The maximum Gasteiger partial charge on any atom is 0.0256 e. The van der Waals surface area contributed by atoms with Crippen molar-refractivity contribution in [3.05, 3.63) is 0 Å². The lowest BCUT2D eigenvalue weighted by Crippen LogP contribution is -2.33. The second kappa shape index (κ2) is 3.94. The van der Waals surface area contributed by atoms with E-state index in [0.29, 0.717) is 12.6 Å². The molecule has 1 N–H and O–H groups in total. The van der Waals surface area contributed by atoms with E-state index in [4.69, 9.17) is 5.73 Å². The molecular formula is C8H17N2. The van der Waals surface area contributed by atoms with Crippen LogP contribution in [0.5, 0.6) is 0 Å². The monoisotopic (exact) mass is 141 g/mol. The Balaban J connectivity index is 2.27. The van der Waals surface area contributed by atoms with Gasteiger partial charge in [0.15, 0.2) is 0 Å². The highest BCUT2D eigenvalue weighted by Crippen LogP contribution is 2.15. The predicted octanol–water partition coefficient (Wildman–Crippen LogP) is 1.14. The molecule has 59 valence electrons. The van der Waals surface area contributed by atoms with Gasteiger partial charge in [0, 0.05) is 12.6 Å². The van der Waals surface area contributed by atoms with Crippen LogP contribution in [0.3, 0.4) is 0 Å². The molecule has 0 saturated carbocycles. The summed E-state index contributed by atoms with van der Waals surface area (Å²) in [5, 5.41) is 0. The standard InChI is InChI=1S/C8H17N2/c1-2-5-10-6-3-4-8(10)7-9/h8-9H,2-7H2,1H3. The Hall–Kier alpha value is -0.0800. The van der Waals surface area contributed by atoms with Crippen LogP contribution in [0.4, 0.5) is 0 Å². The summed E-state index contributed by atoms with van der Waals surface area (Å²) in [5.41, 5.74) is 7.27. The molecule has 0 aromatic heterocycles. The highest BCUT2D eigenvalue weighted by molar-refractivity contribution is 4.78. The van der Waals surface area contributed by atoms with Gasteiger partial charge in [-0.1, -0.05) is 6.92 Å². The summed E-state index contributed by atoms with van der Waals surface area (Å²) < 4.78 is 0. The summed E-state index contributed by atoms with van der Waals surface area (Å²) in [5.74, 6) is 0. The third-order valence-corrected chi connectivity index (χ3v) is 2.25. The Morgan fingerprint density at radius 1 is 1.60 bits per heavy atom. The molecule has 2 nitrogen and oxygen atoms in total. The Labute approximate surface area is 63.4 Å². The smallest absolute Gasteiger partial charge is 0.0256 e. The highest BCUT2D eigenvalue weighted by Gasteiger charge is 2.21. The van der Waals surface area contributed by atoms with Crippen LogP contribution in [-0.2, 0) is 0 Å². The minimum absolute atomic E-state index is 0.583. The van der Waals surface area contributed by atoms with E-state index in [1.54, 1.807) is 0 Å². The average Bonchev–Trinajstić information content (AvgIpc) is 2.36. The van der Waals surface area contributed by atoms with Gasteiger partial charge in [-0.3, -0.25) is 10.6 Å². The maximum absolute atomic E-state index is 7.27. The minimum Gasteiger partial charge on any atom is -0.299 e. The molecule has 0 aromatic rings. The van der Waals surface area contributed by atoms with E-state index < -0.39 is 0 Å². The van der Waals surface area contributed by atoms with E-state index >= 15 is 0 Å². The maximum atomic E-state index is 7.27. The first-order valence-corrected chi connectivity index (χ1v) is 4.27. The van der Waals surface area contributed by atoms with Crippen molar-refractivity contribution in [1.82, 2.24) is 10.6 Å². The van der Waals surface area contributed by atoms with E-state index in [0.717, 1.165) is 0 Å². The largest absolute Gasteiger partial charge is 0.299 e. The fraction of sp³-hybridized carbons (Fsp3) is 1.00. The molecule has 0 aliphatic carbocycles. The SMILES string of the molecule is CCCN1CCCC1C[NH]. The van der Waals surface area contributed by atoms with Crippen molar-refractivity contribution >= 4 is 0 Å². The van der Waals surface area contributed by atoms with Crippen LogP contribution >= 0.6 is 0 Å². The molecular weight excluding hydrogens is 124 g/mol. The van der Waals surface area contributed by atoms with Crippen LogP contribution in [0.2, 0.25) is 0 Å². The number of hydrogen-bond acceptors (Lipinski definition) is 1. The van der Waals surface area contributed by atoms with Gasteiger partial charge in [0.05, 0.1) is 0 Å². The van der Waals surface area contributed by atoms with Crippen molar-refractivity contribution in [2.45, 2.75) is 32.2 Å². The number of nitrogens with zero attached hydrogens (tertiary/aromatic N) is 1. The molecule has 1 aliphatic heterocycles. The van der Waals surface area contributed by atoms with Gasteiger partial charge in [-0.2, -0.15) is 0 Å². The molecule has 1 saturated heterocycles. The summed E-state index contributed by atoms with van der Waals surface area (Å²) in [4.78, 5) is 2.45. The second-order valence-corrected chi connectivity index (χ2v) is 3.04. The Kier molecular flexibility index (Phi) is 3.16. The fourth-order valence-corrected chi connectivity index (χ4v) is 1.71. The average molecular weight is 141 g/mol. The van der Waals surface area contributed by atoms with Crippen molar-refractivity contribution in [1.29, 1.82) is 0 Å². The zero-order chi connectivity index (χ0) is 7.40. The van der Waals surface area contributed by atoms with Crippen LogP contribution in [0.15, 0.2) is 0 Å². The molecule has 0 spiro atoms. The van der Waals surface area contributed by atoms with E-state index in [1.165, 1.54) is 32.4 Å². The minimum atomic E-state index is 0.583. The number of hydrogen-bond donors (Lipinski definition) is 0. The second-order valence-electron chi connectivity index (χ2n) is 3.04. The van der Waals surface area contributed by atoms with Crippen molar-refractivity contribution in [2.24, 2.45) is 0 Å². The molecule has 1 unspecified atom stereocenters. The van der Waals surface area contributed by atoms with Gasteiger partial charge in [0.2, 0.25) is 0 Å². The lowest BCUT2D eigenvalue weighted by molar-refractivity contribution is 0.257. The van der Waals surface area contributed by atoms with E-state index in [2.05, 4.69) is 11.8 Å². The Morgan fingerprint density at radius 2 is 2.40 bits per heavy atom. The third kappa shape index (κ3) is 1.70. The first-order chi connectivity index (χ1) is 4.88. The quantitative estimate of drug-likeness (QED) is 0.579. The Morgan fingerprint density at radius 3 is 3.00 bits per heavy atom. The lowest BCUT2D eigenvalue weighted by atomic mass is 10.2. The van der Waals surface area contributed by atoms with Gasteiger partial charge in [0.1, 0.15) is 0 Å². The molecule has 1 fully saturated rings.